The Hall–Kier alpha value is -18.7. The van der Waals surface area contributed by atoms with Crippen LogP contribution < -0.4 is 0 Å². The van der Waals surface area contributed by atoms with Gasteiger partial charge in [-0.15, -0.1) is 0 Å². The van der Waals surface area contributed by atoms with Crippen molar-refractivity contribution in [3.05, 3.63) is 455 Å². The molecule has 137 heavy (non-hydrogen) atoms. The highest BCUT2D eigenvalue weighted by molar-refractivity contribution is 6.30. The molecule has 638 valence electrons. The number of aromatic nitrogens is 9. The van der Waals surface area contributed by atoms with Crippen LogP contribution in [0.15, 0.2) is 468 Å². The molecule has 0 amide bonds. The van der Waals surface area contributed by atoms with Gasteiger partial charge in [0, 0.05) is 98.5 Å². The van der Waals surface area contributed by atoms with E-state index < -0.39 is 0 Å². The van der Waals surface area contributed by atoms with Crippen molar-refractivity contribution in [3.8, 4) is 125 Å². The van der Waals surface area contributed by atoms with E-state index in [1.54, 1.807) is 0 Å². The minimum Gasteiger partial charge on any atom is -0.456 e. The molecule has 22 aromatic carbocycles. The maximum absolute atomic E-state index is 6.28. The Balaban J connectivity index is 0.000000106. The molecule has 0 aliphatic rings. The number of furan rings is 3. The number of para-hydroxylation sites is 3. The van der Waals surface area contributed by atoms with Crippen molar-refractivity contribution < 1.29 is 13.3 Å². The number of benzene rings is 22. The van der Waals surface area contributed by atoms with Gasteiger partial charge in [-0.25, -0.2) is 44.9 Å². The van der Waals surface area contributed by atoms with Crippen molar-refractivity contribution in [2.24, 2.45) is 0 Å². The molecule has 28 rings (SSSR count). The van der Waals surface area contributed by atoms with Gasteiger partial charge in [0.1, 0.15) is 33.5 Å². The Labute approximate surface area is 784 Å². The summed E-state index contributed by atoms with van der Waals surface area (Å²) in [4.78, 5) is 45.4. The molecule has 0 bridgehead atoms. The fourth-order valence-electron chi connectivity index (χ4n) is 19.5. The molecule has 0 radical (unpaired) electrons. The molecular formula is C125H75N9O3. The lowest BCUT2D eigenvalue weighted by atomic mass is 9.96. The van der Waals surface area contributed by atoms with E-state index in [1.807, 2.05) is 109 Å². The maximum Gasteiger partial charge on any atom is 0.164 e. The highest BCUT2D eigenvalue weighted by Gasteiger charge is 2.23. The predicted molar refractivity (Wildman–Crippen MR) is 561 cm³/mol. The van der Waals surface area contributed by atoms with Crippen LogP contribution in [-0.2, 0) is 0 Å². The van der Waals surface area contributed by atoms with Crippen LogP contribution in [0.2, 0.25) is 0 Å². The quantitative estimate of drug-likeness (QED) is 0.113. The average Bonchev–Trinajstić information content (AvgIpc) is 1.61. The molecule has 0 atom stereocenters. The van der Waals surface area contributed by atoms with Crippen LogP contribution in [0.3, 0.4) is 0 Å². The van der Waals surface area contributed by atoms with Crippen molar-refractivity contribution in [1.29, 1.82) is 0 Å². The first-order chi connectivity index (χ1) is 67.8. The van der Waals surface area contributed by atoms with E-state index in [0.29, 0.717) is 52.4 Å². The zero-order valence-corrected chi connectivity index (χ0v) is 73.6. The van der Waals surface area contributed by atoms with Gasteiger partial charge in [-0.2, -0.15) is 0 Å². The second-order valence-corrected chi connectivity index (χ2v) is 34.6. The molecular weight excluding hydrogens is 1680 g/mol. The largest absolute Gasteiger partial charge is 0.456 e. The lowest BCUT2D eigenvalue weighted by Crippen LogP contribution is -2.00. The third-order valence-corrected chi connectivity index (χ3v) is 26.3. The fraction of sp³-hybridized carbons (Fsp3) is 0. The number of hydrogen-bond acceptors (Lipinski definition) is 12. The second kappa shape index (κ2) is 33.3. The minimum absolute atomic E-state index is 0.632. The second-order valence-electron chi connectivity index (χ2n) is 34.6. The minimum atomic E-state index is 0.632. The van der Waals surface area contributed by atoms with Gasteiger partial charge in [-0.3, -0.25) is 0 Å². The van der Waals surface area contributed by atoms with Gasteiger partial charge < -0.3 is 13.3 Å². The first-order valence-corrected chi connectivity index (χ1v) is 45.8. The van der Waals surface area contributed by atoms with E-state index >= 15 is 0 Å². The summed E-state index contributed by atoms with van der Waals surface area (Å²) in [6.07, 6.45) is 0. The number of rotatable bonds is 11. The number of fused-ring (bicyclic) bond motifs is 23. The lowest BCUT2D eigenvalue weighted by Gasteiger charge is -2.11. The summed E-state index contributed by atoms with van der Waals surface area (Å²) in [7, 11) is 0. The Kier molecular flexibility index (Phi) is 19.3. The molecule has 0 saturated heterocycles. The molecule has 0 aliphatic heterocycles. The summed E-state index contributed by atoms with van der Waals surface area (Å²) in [5.74, 6) is 5.74. The zero-order chi connectivity index (χ0) is 90.4. The van der Waals surface area contributed by atoms with E-state index in [1.165, 1.54) is 37.9 Å². The highest BCUT2D eigenvalue weighted by Crippen LogP contribution is 2.45. The lowest BCUT2D eigenvalue weighted by molar-refractivity contribution is 0.669. The summed E-state index contributed by atoms with van der Waals surface area (Å²) in [5, 5.41) is 25.3. The van der Waals surface area contributed by atoms with Crippen LogP contribution >= 0.6 is 0 Å². The first kappa shape index (κ1) is 79.3. The summed E-state index contributed by atoms with van der Waals surface area (Å²) < 4.78 is 18.8. The number of hydrogen-bond donors (Lipinski definition) is 0. The Morgan fingerprint density at radius 3 is 0.686 bits per heavy atom. The van der Waals surface area contributed by atoms with Crippen LogP contribution in [0, 0.1) is 0 Å². The van der Waals surface area contributed by atoms with E-state index in [-0.39, 0.29) is 0 Å². The molecule has 6 aromatic heterocycles. The predicted octanol–water partition coefficient (Wildman–Crippen LogP) is 32.9. The first-order valence-electron chi connectivity index (χ1n) is 45.8. The Morgan fingerprint density at radius 1 is 0.109 bits per heavy atom. The van der Waals surface area contributed by atoms with Gasteiger partial charge in [-0.1, -0.05) is 382 Å². The topological polar surface area (TPSA) is 155 Å². The molecule has 0 fully saturated rings. The Bertz CT molecular complexity index is 9590. The molecule has 0 unspecified atom stereocenters. The highest BCUT2D eigenvalue weighted by atomic mass is 16.3. The molecule has 0 N–H and O–H groups in total. The van der Waals surface area contributed by atoms with Crippen molar-refractivity contribution in [2.45, 2.75) is 0 Å². The smallest absolute Gasteiger partial charge is 0.164 e. The molecule has 12 heteroatoms. The average molecular weight is 1750 g/mol. The summed E-state index contributed by atoms with van der Waals surface area (Å²) in [6.45, 7) is 0. The summed E-state index contributed by atoms with van der Waals surface area (Å²) in [6, 6.07) is 157. The van der Waals surface area contributed by atoms with Crippen molar-refractivity contribution in [3.63, 3.8) is 0 Å². The van der Waals surface area contributed by atoms with Gasteiger partial charge >= 0.3 is 0 Å². The van der Waals surface area contributed by atoms with Gasteiger partial charge in [-0.05, 0) is 165 Å². The molecule has 12 nitrogen and oxygen atoms in total. The molecule has 28 aromatic rings. The van der Waals surface area contributed by atoms with Gasteiger partial charge in [0.15, 0.2) is 52.4 Å². The van der Waals surface area contributed by atoms with Gasteiger partial charge in [0.05, 0.1) is 0 Å². The van der Waals surface area contributed by atoms with Gasteiger partial charge in [0.2, 0.25) is 0 Å². The van der Waals surface area contributed by atoms with E-state index in [0.717, 1.165) is 186 Å². The van der Waals surface area contributed by atoms with Crippen molar-refractivity contribution >= 4 is 152 Å². The van der Waals surface area contributed by atoms with E-state index in [9.17, 15) is 0 Å². The van der Waals surface area contributed by atoms with Crippen LogP contribution in [0.5, 0.6) is 0 Å². The number of nitrogens with zero attached hydrogens (tertiary/aromatic N) is 9. The third-order valence-electron chi connectivity index (χ3n) is 26.3. The molecule has 6 heterocycles. The van der Waals surface area contributed by atoms with E-state index in [2.05, 4.69) is 346 Å². The van der Waals surface area contributed by atoms with Crippen molar-refractivity contribution in [2.75, 3.05) is 0 Å². The normalized spacial score (nSPS) is 11.6. The van der Waals surface area contributed by atoms with Crippen LogP contribution in [-0.4, -0.2) is 44.9 Å². The SMILES string of the molecule is c1ccc(-c2ccc(-c3nc(-c4ccccc4)nc(-c4ccc5ccc6ccc7oc8ccccc8c7c6c5c4)n3)cc2)cc1.c1ccc(-c2cccc(-c3nc(-c4ccccc4)nc(-c4ccc5ccc6ccc7oc8ccccc8c7c6c5c4)n3)c2)cc1.c1ccc2cc(-c3nc(-c4ccc5ccccc5c4)nc(-c4ccc5ccc6ccc7oc8ccccc8c7c6c5c4)n3)ccc2c1. The molecule has 0 spiro atoms. The summed E-state index contributed by atoms with van der Waals surface area (Å²) >= 11 is 0. The third kappa shape index (κ3) is 14.6. The zero-order valence-electron chi connectivity index (χ0n) is 73.6. The van der Waals surface area contributed by atoms with E-state index in [4.69, 9.17) is 58.1 Å². The van der Waals surface area contributed by atoms with Crippen LogP contribution in [0.1, 0.15) is 0 Å². The Morgan fingerprint density at radius 2 is 0.328 bits per heavy atom. The summed E-state index contributed by atoms with van der Waals surface area (Å²) in [5.41, 5.74) is 18.4. The fourth-order valence-corrected chi connectivity index (χ4v) is 19.5. The molecule has 0 saturated carbocycles. The van der Waals surface area contributed by atoms with Gasteiger partial charge in [0.25, 0.3) is 0 Å². The maximum atomic E-state index is 6.28. The monoisotopic (exact) mass is 1750 g/mol. The van der Waals surface area contributed by atoms with Crippen molar-refractivity contribution in [1.82, 2.24) is 44.9 Å². The standard InChI is InChI=1S/C43H25N3O.2C41H25N3O/c1-3-9-30-23-32(18-13-26(30)7-1)41-44-42(33-19-14-27-8-2-4-10-31(27)24-33)46-43(45-41)34-20-16-28-15-17-29-21-22-38-40(39(29)36(28)25-34)35-11-5-6-12-37(35)47-38;1-3-10-26(11-4-1)30-14-9-15-31(24-30)40-42-39(29-12-5-2-6-13-29)43-41(44-40)32-21-19-27-18-20-28-22-23-36-38(37(28)34(27)25-32)33-16-7-8-17-35(33)45-36;1-3-9-26(10-4-1)27-15-20-31(21-16-27)40-42-39(30-11-5-2-6-12-30)43-41(44-40)32-22-18-28-17-19-29-23-24-36-38(37(29)34(28)25-32)33-13-7-8-14-35(33)45-36/h1-25H;2*1-25H. The van der Waals surface area contributed by atoms with Crippen LogP contribution in [0.25, 0.3) is 277 Å². The van der Waals surface area contributed by atoms with Crippen LogP contribution in [0.4, 0.5) is 0 Å². The molecule has 0 aliphatic carbocycles.